The Hall–Kier alpha value is -0.716. The minimum atomic E-state index is -1.37. The van der Waals surface area contributed by atoms with Gasteiger partial charge in [-0.05, 0) is 49.1 Å². The number of nitrogens with one attached hydrogen (secondary N) is 3. The normalized spacial score (nSPS) is 14.9. The van der Waals surface area contributed by atoms with Crippen molar-refractivity contribution in [3.05, 3.63) is 5.73 Å². The number of ketones is 2. The number of nitrogens with two attached hydrogens (primary N) is 1. The number of carbonyl (C=O) groups is 4. The van der Waals surface area contributed by atoms with Crippen molar-refractivity contribution in [2.45, 2.75) is 96.7 Å². The number of thioether (sulfide) groups is 1. The smallest absolute Gasteiger partial charge is 0.216 e. The number of rotatable bonds is 24. The van der Waals surface area contributed by atoms with Gasteiger partial charge in [0.15, 0.2) is 5.78 Å². The van der Waals surface area contributed by atoms with E-state index in [4.69, 9.17) is 11.5 Å². The summed E-state index contributed by atoms with van der Waals surface area (Å²) in [6, 6.07) is -2.61. The second-order valence-electron chi connectivity index (χ2n) is 9.55. The average molecular weight is 632 g/mol. The molecule has 0 aliphatic rings. The summed E-state index contributed by atoms with van der Waals surface area (Å²) in [5.41, 5.74) is 12.9. The van der Waals surface area contributed by atoms with Crippen LogP contribution in [0, 0.1) is 11.8 Å². The van der Waals surface area contributed by atoms with Crippen molar-refractivity contribution in [1.82, 2.24) is 10.6 Å². The van der Waals surface area contributed by atoms with Gasteiger partial charge < -0.3 is 32.0 Å². The Balaban J connectivity index is 0. The number of primary amides is 1. The van der Waals surface area contributed by atoms with Crippen molar-refractivity contribution in [1.29, 1.82) is 0 Å². The van der Waals surface area contributed by atoms with Gasteiger partial charge in [-0.1, -0.05) is 45.6 Å². The molecule has 0 aliphatic carbocycles. The summed E-state index contributed by atoms with van der Waals surface area (Å²) < 4.78 is 0. The van der Waals surface area contributed by atoms with Crippen molar-refractivity contribution in [3.63, 3.8) is 0 Å². The Kier molecular flexibility index (Phi) is 25.0. The van der Waals surface area contributed by atoms with Crippen LogP contribution in [0.15, 0.2) is 0 Å². The van der Waals surface area contributed by atoms with Crippen LogP contribution < -0.4 is 16.4 Å². The molecule has 10 nitrogen and oxygen atoms in total. The first-order chi connectivity index (χ1) is 17.6. The van der Waals surface area contributed by atoms with E-state index in [1.165, 1.54) is 0 Å². The molecule has 0 aromatic carbocycles. The van der Waals surface area contributed by atoms with Gasteiger partial charge in [-0.15, -0.1) is 0 Å². The van der Waals surface area contributed by atoms with Crippen LogP contribution in [0.4, 0.5) is 0 Å². The third-order valence-corrected chi connectivity index (χ3v) is 7.38. The van der Waals surface area contributed by atoms with Crippen molar-refractivity contribution < 1.29 is 61.8 Å². The molecule has 0 saturated heterocycles. The van der Waals surface area contributed by atoms with E-state index in [-0.39, 0.29) is 75.7 Å². The predicted octanol–water partition coefficient (Wildman–Crippen LogP) is 2.11. The van der Waals surface area contributed by atoms with E-state index in [0.29, 0.717) is 31.4 Å². The van der Waals surface area contributed by atoms with Crippen molar-refractivity contribution in [2.75, 3.05) is 24.7 Å². The molecule has 0 aromatic rings. The Labute approximate surface area is 257 Å². The molecule has 0 saturated carbocycles. The average Bonchev–Trinajstić information content (AvgIpc) is 2.86. The third-order valence-electron chi connectivity index (χ3n) is 6.28. The number of aliphatic hydroxyl groups is 1. The maximum absolute atomic E-state index is 12.8. The van der Waals surface area contributed by atoms with E-state index in [1.54, 1.807) is 11.8 Å². The summed E-state index contributed by atoms with van der Waals surface area (Å²) in [6.07, 6.45) is 6.32. The summed E-state index contributed by atoms with van der Waals surface area (Å²) in [5.74, 6) is -0.310. The van der Waals surface area contributed by atoms with Gasteiger partial charge in [0.25, 0.3) is 0 Å². The molecule has 0 rings (SSSR count). The Bertz CT molecular complexity index is 715. The fourth-order valence-electron chi connectivity index (χ4n) is 3.71. The van der Waals surface area contributed by atoms with E-state index >= 15 is 0 Å². The molecule has 1 radical (unpaired) electrons. The van der Waals surface area contributed by atoms with Gasteiger partial charge in [0.05, 0.1) is 12.6 Å². The number of carbonyl (C=O) groups excluding carboxylic acids is 5. The largest absolute Gasteiger partial charge is 0.666 e. The summed E-state index contributed by atoms with van der Waals surface area (Å²) in [5, 5.41) is 15.1. The second-order valence-corrected chi connectivity index (χ2v) is 10.8. The molecule has 0 aliphatic heterocycles. The molecular formula is C26H46N4O6SY-2. The summed E-state index contributed by atoms with van der Waals surface area (Å²) in [6.45, 7) is 5.93. The summed E-state index contributed by atoms with van der Waals surface area (Å²) in [4.78, 5) is 59.3. The molecule has 2 amide bonds. The molecule has 2 unspecified atom stereocenters. The van der Waals surface area contributed by atoms with Crippen LogP contribution in [0.2, 0.25) is 0 Å². The number of amides is 2. The zero-order valence-electron chi connectivity index (χ0n) is 23.1. The Morgan fingerprint density at radius 3 is 2.32 bits per heavy atom. The molecule has 0 bridgehead atoms. The molecule has 217 valence electrons. The maximum Gasteiger partial charge on any atom is 0.216 e. The van der Waals surface area contributed by atoms with Crippen molar-refractivity contribution in [2.24, 2.45) is 17.6 Å². The zero-order valence-corrected chi connectivity index (χ0v) is 26.8. The van der Waals surface area contributed by atoms with E-state index < -0.39 is 36.4 Å². The van der Waals surface area contributed by atoms with Gasteiger partial charge in [-0.2, -0.15) is 11.8 Å². The monoisotopic (exact) mass is 631 g/mol. The number of aliphatic hydroxyl groups excluding tert-OH is 1. The van der Waals surface area contributed by atoms with Crippen LogP contribution in [0.1, 0.15) is 78.6 Å². The van der Waals surface area contributed by atoms with Gasteiger partial charge in [-0.25, -0.2) is 6.29 Å². The molecule has 0 aromatic heterocycles. The fraction of sp³-hybridized carbons (Fsp3) is 0.808. The van der Waals surface area contributed by atoms with Crippen LogP contribution in [0.25, 0.3) is 5.73 Å². The van der Waals surface area contributed by atoms with Gasteiger partial charge in [0.1, 0.15) is 5.78 Å². The fourth-order valence-corrected chi connectivity index (χ4v) is 4.72. The third kappa shape index (κ3) is 18.5. The van der Waals surface area contributed by atoms with Gasteiger partial charge >= 0.3 is 0 Å². The van der Waals surface area contributed by atoms with Crippen LogP contribution in [0.5, 0.6) is 0 Å². The first kappa shape index (κ1) is 39.4. The van der Waals surface area contributed by atoms with E-state index in [2.05, 4.69) is 10.6 Å². The van der Waals surface area contributed by atoms with Crippen LogP contribution in [-0.4, -0.2) is 77.6 Å². The first-order valence-corrected chi connectivity index (χ1v) is 14.4. The van der Waals surface area contributed by atoms with Gasteiger partial charge in [-0.3, -0.25) is 19.2 Å². The molecule has 0 heterocycles. The summed E-state index contributed by atoms with van der Waals surface area (Å²) >= 11 is 1.61. The predicted molar refractivity (Wildman–Crippen MR) is 147 cm³/mol. The zero-order chi connectivity index (χ0) is 28.2. The van der Waals surface area contributed by atoms with Crippen LogP contribution in [0.3, 0.4) is 0 Å². The van der Waals surface area contributed by atoms with Gasteiger partial charge in [0.2, 0.25) is 11.8 Å². The van der Waals surface area contributed by atoms with E-state index in [9.17, 15) is 29.1 Å². The molecular weight excluding hydrogens is 585 g/mol. The minimum Gasteiger partial charge on any atom is -0.666 e. The maximum atomic E-state index is 12.8. The molecule has 5 atom stereocenters. The first-order valence-electron chi connectivity index (χ1n) is 13.2. The van der Waals surface area contributed by atoms with E-state index in [0.717, 1.165) is 25.0 Å². The number of unbranched alkanes of at least 4 members (excludes halogenated alkanes) is 1. The minimum absolute atomic E-state index is 0. The van der Waals surface area contributed by atoms with Gasteiger partial charge in [0, 0.05) is 58.6 Å². The molecule has 6 N–H and O–H groups in total. The number of hydrogen-bond donors (Lipinski definition) is 4. The SMILES string of the molecule is CCCC(CO)CC(=O)C(CCSCCCCC(=O)CN[C@H]([C-]=O)[C@H](C)CC)NC(=O)[C@@H]([NH-])CC(N)=O.[Y]. The number of hydrogen-bond acceptors (Lipinski definition) is 8. The Morgan fingerprint density at radius 1 is 1.08 bits per heavy atom. The summed E-state index contributed by atoms with van der Waals surface area (Å²) in [7, 11) is 0. The van der Waals surface area contributed by atoms with Crippen LogP contribution >= 0.6 is 11.8 Å². The Morgan fingerprint density at radius 2 is 1.76 bits per heavy atom. The van der Waals surface area contributed by atoms with Crippen molar-refractivity contribution >= 4 is 41.4 Å². The topological polar surface area (TPSA) is 179 Å². The molecule has 12 heteroatoms. The van der Waals surface area contributed by atoms with Crippen molar-refractivity contribution in [3.8, 4) is 0 Å². The molecule has 38 heavy (non-hydrogen) atoms. The quantitative estimate of drug-likeness (QED) is 0.0924. The van der Waals surface area contributed by atoms with Crippen LogP contribution in [-0.2, 0) is 56.7 Å². The standard InChI is InChI=1S/C26H46N4O6S.Y/c1-4-8-19(16-31)13-24(34)22(30-26(36)21(27)14-25(28)35)10-12-37-11-7-6-9-20(33)15-29-23(17-32)18(3)5-2;/h18-19,21-23,27,29,31H,4-16H2,1-3H3,(H2,28,35)(H,30,36);/q-2;/t18-,19?,21+,22?,23-;/m1./s1. The second kappa shape index (κ2) is 24.1. The van der Waals surface area contributed by atoms with E-state index in [1.807, 2.05) is 27.1 Å². The molecule has 0 fully saturated rings. The molecule has 0 spiro atoms. The number of Topliss-reactive ketones (excluding diaryl/α,β-unsaturated/α-hetero) is 2.